The van der Waals surface area contributed by atoms with E-state index in [-0.39, 0.29) is 0 Å². The zero-order chi connectivity index (χ0) is 13.7. The van der Waals surface area contributed by atoms with Gasteiger partial charge in [0, 0.05) is 42.9 Å². The average Bonchev–Trinajstić information content (AvgIpc) is 2.79. The van der Waals surface area contributed by atoms with Crippen LogP contribution in [0, 0.1) is 0 Å². The van der Waals surface area contributed by atoms with Crippen LogP contribution in [0.15, 0.2) is 30.6 Å². The molecule has 0 saturated carbocycles. The SMILES string of the molecule is CCCOc1cc(N)cc(NCc2nccn2C)c1. The highest BCUT2D eigenvalue weighted by molar-refractivity contribution is 5.59. The van der Waals surface area contributed by atoms with Gasteiger partial charge in [-0.1, -0.05) is 6.92 Å². The highest BCUT2D eigenvalue weighted by Crippen LogP contribution is 2.23. The Morgan fingerprint density at radius 2 is 2.21 bits per heavy atom. The molecule has 0 fully saturated rings. The maximum Gasteiger partial charge on any atom is 0.127 e. The molecule has 0 unspecified atom stereocenters. The van der Waals surface area contributed by atoms with Crippen molar-refractivity contribution in [2.45, 2.75) is 19.9 Å². The Balaban J connectivity index is 2.03. The number of hydrogen-bond acceptors (Lipinski definition) is 4. The zero-order valence-corrected chi connectivity index (χ0v) is 11.4. The van der Waals surface area contributed by atoms with Gasteiger partial charge in [0.25, 0.3) is 0 Å². The van der Waals surface area contributed by atoms with E-state index >= 15 is 0 Å². The molecule has 5 nitrogen and oxygen atoms in total. The molecule has 0 amide bonds. The van der Waals surface area contributed by atoms with Gasteiger partial charge in [-0.3, -0.25) is 0 Å². The number of aryl methyl sites for hydroxylation is 1. The van der Waals surface area contributed by atoms with E-state index in [9.17, 15) is 0 Å². The largest absolute Gasteiger partial charge is 0.493 e. The van der Waals surface area contributed by atoms with Crippen LogP contribution in [0.1, 0.15) is 19.2 Å². The van der Waals surface area contributed by atoms with Crippen LogP contribution in [0.2, 0.25) is 0 Å². The molecular formula is C14H20N4O. The van der Waals surface area contributed by atoms with Crippen LogP contribution < -0.4 is 15.8 Å². The van der Waals surface area contributed by atoms with E-state index in [2.05, 4.69) is 17.2 Å². The van der Waals surface area contributed by atoms with Gasteiger partial charge in [-0.15, -0.1) is 0 Å². The second kappa shape index (κ2) is 6.13. The second-order valence-electron chi connectivity index (χ2n) is 4.45. The summed E-state index contributed by atoms with van der Waals surface area (Å²) in [5, 5.41) is 3.30. The van der Waals surface area contributed by atoms with E-state index in [1.807, 2.05) is 36.0 Å². The van der Waals surface area contributed by atoms with Crippen LogP contribution in [-0.4, -0.2) is 16.2 Å². The fraction of sp³-hybridized carbons (Fsp3) is 0.357. The highest BCUT2D eigenvalue weighted by Gasteiger charge is 2.02. The van der Waals surface area contributed by atoms with Crippen molar-refractivity contribution >= 4 is 11.4 Å². The highest BCUT2D eigenvalue weighted by atomic mass is 16.5. The molecule has 2 aromatic rings. The molecule has 1 heterocycles. The summed E-state index contributed by atoms with van der Waals surface area (Å²) in [6.45, 7) is 3.43. The molecule has 5 heteroatoms. The molecule has 19 heavy (non-hydrogen) atoms. The standard InChI is InChI=1S/C14H20N4O/c1-3-6-19-13-8-11(15)7-12(9-13)17-10-14-16-4-5-18(14)2/h4-5,7-9,17H,3,6,10,15H2,1-2H3. The summed E-state index contributed by atoms with van der Waals surface area (Å²) in [5.41, 5.74) is 7.50. The Morgan fingerprint density at radius 3 is 2.89 bits per heavy atom. The van der Waals surface area contributed by atoms with Crippen LogP contribution in [0.25, 0.3) is 0 Å². The lowest BCUT2D eigenvalue weighted by Gasteiger charge is -2.11. The van der Waals surface area contributed by atoms with Crippen molar-refractivity contribution in [3.63, 3.8) is 0 Å². The lowest BCUT2D eigenvalue weighted by Crippen LogP contribution is -2.06. The Bertz CT molecular complexity index is 536. The maximum atomic E-state index is 5.87. The van der Waals surface area contributed by atoms with Gasteiger partial charge in [0.2, 0.25) is 0 Å². The molecule has 0 spiro atoms. The number of nitrogens with zero attached hydrogens (tertiary/aromatic N) is 2. The quantitative estimate of drug-likeness (QED) is 0.783. The first-order valence-electron chi connectivity index (χ1n) is 6.42. The topological polar surface area (TPSA) is 65.1 Å². The van der Waals surface area contributed by atoms with Gasteiger partial charge in [-0.2, -0.15) is 0 Å². The first kappa shape index (κ1) is 13.3. The van der Waals surface area contributed by atoms with Crippen molar-refractivity contribution in [3.8, 4) is 5.75 Å². The van der Waals surface area contributed by atoms with E-state index in [1.54, 1.807) is 6.20 Å². The van der Waals surface area contributed by atoms with Crippen LogP contribution in [0.3, 0.4) is 0 Å². The van der Waals surface area contributed by atoms with Gasteiger partial charge in [-0.05, 0) is 12.5 Å². The smallest absolute Gasteiger partial charge is 0.127 e. The number of nitrogens with two attached hydrogens (primary N) is 1. The number of ether oxygens (including phenoxy) is 1. The number of benzene rings is 1. The molecule has 0 aliphatic rings. The number of rotatable bonds is 6. The van der Waals surface area contributed by atoms with Gasteiger partial charge in [0.05, 0.1) is 13.2 Å². The van der Waals surface area contributed by atoms with E-state index in [1.165, 1.54) is 0 Å². The third kappa shape index (κ3) is 3.64. The first-order valence-corrected chi connectivity index (χ1v) is 6.42. The van der Waals surface area contributed by atoms with Crippen molar-refractivity contribution < 1.29 is 4.74 Å². The van der Waals surface area contributed by atoms with Crippen molar-refractivity contribution in [2.75, 3.05) is 17.7 Å². The van der Waals surface area contributed by atoms with Crippen LogP contribution >= 0.6 is 0 Å². The van der Waals surface area contributed by atoms with Gasteiger partial charge in [0.15, 0.2) is 0 Å². The lowest BCUT2D eigenvalue weighted by molar-refractivity contribution is 0.318. The molecule has 0 aliphatic heterocycles. The Morgan fingerprint density at radius 1 is 1.37 bits per heavy atom. The van der Waals surface area contributed by atoms with Gasteiger partial charge in [0.1, 0.15) is 11.6 Å². The molecule has 0 aliphatic carbocycles. The maximum absolute atomic E-state index is 5.87. The molecule has 1 aromatic carbocycles. The molecule has 0 saturated heterocycles. The van der Waals surface area contributed by atoms with E-state index in [0.717, 1.165) is 23.7 Å². The normalized spacial score (nSPS) is 10.4. The third-order valence-corrected chi connectivity index (χ3v) is 2.77. The minimum atomic E-state index is 0.653. The van der Waals surface area contributed by atoms with Gasteiger partial charge in [-0.25, -0.2) is 4.98 Å². The van der Waals surface area contributed by atoms with Crippen LogP contribution in [0.4, 0.5) is 11.4 Å². The Labute approximate surface area is 113 Å². The zero-order valence-electron chi connectivity index (χ0n) is 11.4. The molecule has 3 N–H and O–H groups in total. The van der Waals surface area contributed by atoms with Crippen molar-refractivity contribution in [3.05, 3.63) is 36.4 Å². The number of aromatic nitrogens is 2. The number of nitrogen functional groups attached to an aromatic ring is 1. The van der Waals surface area contributed by atoms with E-state index in [0.29, 0.717) is 18.8 Å². The Hall–Kier alpha value is -2.17. The summed E-state index contributed by atoms with van der Waals surface area (Å²) in [7, 11) is 1.97. The van der Waals surface area contributed by atoms with Crippen molar-refractivity contribution in [1.29, 1.82) is 0 Å². The molecular weight excluding hydrogens is 240 g/mol. The van der Waals surface area contributed by atoms with Crippen LogP contribution in [0.5, 0.6) is 5.75 Å². The molecule has 102 valence electrons. The third-order valence-electron chi connectivity index (χ3n) is 2.77. The molecule has 0 bridgehead atoms. The van der Waals surface area contributed by atoms with Crippen molar-refractivity contribution in [2.24, 2.45) is 7.05 Å². The summed E-state index contributed by atoms with van der Waals surface area (Å²) in [5.74, 6) is 1.77. The minimum absolute atomic E-state index is 0.653. The van der Waals surface area contributed by atoms with Gasteiger partial charge >= 0.3 is 0 Å². The molecule has 1 aromatic heterocycles. The van der Waals surface area contributed by atoms with E-state index in [4.69, 9.17) is 10.5 Å². The Kier molecular flexibility index (Phi) is 4.28. The number of imidazole rings is 1. The summed E-state index contributed by atoms with van der Waals surface area (Å²) >= 11 is 0. The fourth-order valence-corrected chi connectivity index (χ4v) is 1.78. The predicted molar refractivity (Wildman–Crippen MR) is 77.2 cm³/mol. The van der Waals surface area contributed by atoms with E-state index < -0.39 is 0 Å². The number of anilines is 2. The summed E-state index contributed by atoms with van der Waals surface area (Å²) < 4.78 is 7.58. The fourth-order valence-electron chi connectivity index (χ4n) is 1.78. The predicted octanol–water partition coefficient (Wildman–Crippen LogP) is 2.40. The van der Waals surface area contributed by atoms with Crippen LogP contribution in [-0.2, 0) is 13.6 Å². The summed E-state index contributed by atoms with van der Waals surface area (Å²) in [4.78, 5) is 4.26. The second-order valence-corrected chi connectivity index (χ2v) is 4.45. The van der Waals surface area contributed by atoms with Gasteiger partial charge < -0.3 is 20.4 Å². The number of nitrogens with one attached hydrogen (secondary N) is 1. The molecule has 0 atom stereocenters. The summed E-state index contributed by atoms with van der Waals surface area (Å²) in [6.07, 6.45) is 4.68. The minimum Gasteiger partial charge on any atom is -0.493 e. The summed E-state index contributed by atoms with van der Waals surface area (Å²) in [6, 6.07) is 5.68. The average molecular weight is 260 g/mol. The number of hydrogen-bond donors (Lipinski definition) is 2. The lowest BCUT2D eigenvalue weighted by atomic mass is 10.2. The first-order chi connectivity index (χ1) is 9.19. The molecule has 0 radical (unpaired) electrons. The monoisotopic (exact) mass is 260 g/mol. The van der Waals surface area contributed by atoms with Crippen molar-refractivity contribution in [1.82, 2.24) is 9.55 Å². The molecule has 2 rings (SSSR count).